The Morgan fingerprint density at radius 2 is 2.31 bits per heavy atom. The maximum atomic E-state index is 13.3. The fourth-order valence-corrected chi connectivity index (χ4v) is 1.55. The minimum absolute atomic E-state index is 0.0155. The molecular formula is C11H9FN2O2. The van der Waals surface area contributed by atoms with Crippen LogP contribution in [0, 0.1) is 17.1 Å². The molecule has 1 heterocycles. The molecule has 16 heavy (non-hydrogen) atoms. The van der Waals surface area contributed by atoms with Gasteiger partial charge in [-0.1, -0.05) is 0 Å². The van der Waals surface area contributed by atoms with Crippen molar-refractivity contribution in [1.82, 2.24) is 0 Å². The van der Waals surface area contributed by atoms with E-state index in [-0.39, 0.29) is 18.1 Å². The number of halogens is 1. The van der Waals surface area contributed by atoms with Crippen LogP contribution in [-0.2, 0) is 9.53 Å². The van der Waals surface area contributed by atoms with E-state index < -0.39 is 5.82 Å². The molecule has 0 saturated carbocycles. The van der Waals surface area contributed by atoms with E-state index in [1.807, 2.05) is 0 Å². The van der Waals surface area contributed by atoms with Gasteiger partial charge in [0, 0.05) is 12.2 Å². The van der Waals surface area contributed by atoms with E-state index in [4.69, 9.17) is 10.00 Å². The van der Waals surface area contributed by atoms with Crippen molar-refractivity contribution in [2.24, 2.45) is 0 Å². The Morgan fingerprint density at radius 1 is 1.50 bits per heavy atom. The highest BCUT2D eigenvalue weighted by Gasteiger charge is 2.20. The third-order valence-corrected chi connectivity index (χ3v) is 2.37. The summed E-state index contributed by atoms with van der Waals surface area (Å²) in [5, 5.41) is 8.58. The molecule has 0 aromatic heterocycles. The minimum Gasteiger partial charge on any atom is -0.370 e. The van der Waals surface area contributed by atoms with Crippen molar-refractivity contribution in [2.75, 3.05) is 24.7 Å². The first-order valence-electron chi connectivity index (χ1n) is 4.80. The topological polar surface area (TPSA) is 53.3 Å². The van der Waals surface area contributed by atoms with Crippen LogP contribution in [0.15, 0.2) is 18.2 Å². The Morgan fingerprint density at radius 3 is 2.94 bits per heavy atom. The lowest BCUT2D eigenvalue weighted by atomic mass is 10.2. The van der Waals surface area contributed by atoms with Gasteiger partial charge in [0.05, 0.1) is 12.2 Å². The number of ether oxygens (including phenoxy) is 1. The molecule has 0 radical (unpaired) electrons. The van der Waals surface area contributed by atoms with Crippen molar-refractivity contribution < 1.29 is 13.9 Å². The standard InChI is InChI=1S/C11H9FN2O2/c12-10-5-9(2-1-8(10)6-13)14-3-4-16-7-11(14)15/h1-2,5H,3-4,7H2. The van der Waals surface area contributed by atoms with Crippen molar-refractivity contribution in [2.45, 2.75) is 0 Å². The fourth-order valence-electron chi connectivity index (χ4n) is 1.55. The van der Waals surface area contributed by atoms with Gasteiger partial charge in [-0.25, -0.2) is 4.39 Å². The van der Waals surface area contributed by atoms with Crippen LogP contribution in [0.3, 0.4) is 0 Å². The quantitative estimate of drug-likeness (QED) is 0.711. The number of carbonyl (C=O) groups is 1. The molecule has 4 nitrogen and oxygen atoms in total. The van der Waals surface area contributed by atoms with E-state index in [1.165, 1.54) is 17.0 Å². The van der Waals surface area contributed by atoms with E-state index in [1.54, 1.807) is 12.1 Å². The number of anilines is 1. The van der Waals surface area contributed by atoms with Crippen LogP contribution in [0.1, 0.15) is 5.56 Å². The van der Waals surface area contributed by atoms with Crippen LogP contribution in [0.25, 0.3) is 0 Å². The second kappa shape index (κ2) is 4.29. The largest absolute Gasteiger partial charge is 0.370 e. The lowest BCUT2D eigenvalue weighted by Crippen LogP contribution is -2.41. The number of morpholine rings is 1. The predicted octanol–water partition coefficient (Wildman–Crippen LogP) is 1.06. The van der Waals surface area contributed by atoms with Gasteiger partial charge in [0.2, 0.25) is 0 Å². The van der Waals surface area contributed by atoms with Crippen molar-refractivity contribution in [3.05, 3.63) is 29.6 Å². The third kappa shape index (κ3) is 1.88. The van der Waals surface area contributed by atoms with Gasteiger partial charge in [-0.05, 0) is 18.2 Å². The Kier molecular flexibility index (Phi) is 2.84. The van der Waals surface area contributed by atoms with E-state index in [9.17, 15) is 9.18 Å². The molecule has 0 unspecified atom stereocenters. The molecule has 0 bridgehead atoms. The van der Waals surface area contributed by atoms with Gasteiger partial charge in [-0.15, -0.1) is 0 Å². The highest BCUT2D eigenvalue weighted by Crippen LogP contribution is 2.19. The summed E-state index contributed by atoms with van der Waals surface area (Å²) >= 11 is 0. The first-order chi connectivity index (χ1) is 7.72. The second-order valence-electron chi connectivity index (χ2n) is 3.37. The molecule has 0 aliphatic carbocycles. The fraction of sp³-hybridized carbons (Fsp3) is 0.273. The monoisotopic (exact) mass is 220 g/mol. The van der Waals surface area contributed by atoms with Gasteiger partial charge in [0.1, 0.15) is 18.5 Å². The average molecular weight is 220 g/mol. The minimum atomic E-state index is -0.612. The lowest BCUT2D eigenvalue weighted by molar-refractivity contribution is -0.125. The molecule has 1 aliphatic heterocycles. The maximum Gasteiger partial charge on any atom is 0.253 e. The Bertz CT molecular complexity index is 468. The molecule has 1 amide bonds. The summed E-state index contributed by atoms with van der Waals surface area (Å²) in [6, 6.07) is 5.86. The van der Waals surface area contributed by atoms with E-state index in [2.05, 4.69) is 0 Å². The SMILES string of the molecule is N#Cc1ccc(N2CCOCC2=O)cc1F. The molecule has 1 saturated heterocycles. The number of hydrogen-bond donors (Lipinski definition) is 0. The Balaban J connectivity index is 2.30. The van der Waals surface area contributed by atoms with E-state index >= 15 is 0 Å². The van der Waals surface area contributed by atoms with Crippen molar-refractivity contribution >= 4 is 11.6 Å². The van der Waals surface area contributed by atoms with Gasteiger partial charge in [0.25, 0.3) is 5.91 Å². The summed E-state index contributed by atoms with van der Waals surface area (Å²) in [6.07, 6.45) is 0. The molecule has 0 spiro atoms. The number of nitriles is 1. The number of benzene rings is 1. The number of carbonyl (C=O) groups excluding carboxylic acids is 1. The summed E-state index contributed by atoms with van der Waals surface area (Å²) in [5.74, 6) is -0.811. The van der Waals surface area contributed by atoms with Crippen LogP contribution in [0.5, 0.6) is 0 Å². The predicted molar refractivity (Wildman–Crippen MR) is 54.3 cm³/mol. The van der Waals surface area contributed by atoms with Crippen LogP contribution in [0.4, 0.5) is 10.1 Å². The van der Waals surface area contributed by atoms with Gasteiger partial charge in [0.15, 0.2) is 0 Å². The molecule has 0 atom stereocenters. The summed E-state index contributed by atoms with van der Waals surface area (Å²) in [4.78, 5) is 12.9. The van der Waals surface area contributed by atoms with Crippen molar-refractivity contribution in [3.8, 4) is 6.07 Å². The van der Waals surface area contributed by atoms with Crippen molar-refractivity contribution in [1.29, 1.82) is 5.26 Å². The lowest BCUT2D eigenvalue weighted by Gasteiger charge is -2.26. The van der Waals surface area contributed by atoms with Crippen LogP contribution >= 0.6 is 0 Å². The number of amides is 1. The maximum absolute atomic E-state index is 13.3. The summed E-state index contributed by atoms with van der Waals surface area (Å²) in [6.45, 7) is 0.860. The van der Waals surface area contributed by atoms with Crippen LogP contribution < -0.4 is 4.90 Å². The summed E-state index contributed by atoms with van der Waals surface area (Å²) in [5.41, 5.74) is 0.439. The molecule has 1 aromatic rings. The molecule has 2 rings (SSSR count). The number of nitrogens with zero attached hydrogens (tertiary/aromatic N) is 2. The molecular weight excluding hydrogens is 211 g/mol. The molecule has 1 aromatic carbocycles. The van der Waals surface area contributed by atoms with Gasteiger partial charge >= 0.3 is 0 Å². The van der Waals surface area contributed by atoms with Gasteiger partial charge in [-0.2, -0.15) is 5.26 Å². The van der Waals surface area contributed by atoms with Crippen molar-refractivity contribution in [3.63, 3.8) is 0 Å². The Labute approximate surface area is 91.8 Å². The molecule has 5 heteroatoms. The van der Waals surface area contributed by atoms with Gasteiger partial charge in [-0.3, -0.25) is 4.79 Å². The highest BCUT2D eigenvalue weighted by atomic mass is 19.1. The molecule has 82 valence electrons. The zero-order valence-electron chi connectivity index (χ0n) is 8.44. The average Bonchev–Trinajstić information content (AvgIpc) is 2.29. The molecule has 1 fully saturated rings. The Hall–Kier alpha value is -1.93. The van der Waals surface area contributed by atoms with Crippen LogP contribution in [-0.4, -0.2) is 25.7 Å². The summed E-state index contributed by atoms with van der Waals surface area (Å²) < 4.78 is 18.3. The zero-order valence-corrected chi connectivity index (χ0v) is 8.44. The van der Waals surface area contributed by atoms with Crippen LogP contribution in [0.2, 0.25) is 0 Å². The first-order valence-corrected chi connectivity index (χ1v) is 4.80. The first kappa shape index (κ1) is 10.6. The highest BCUT2D eigenvalue weighted by molar-refractivity contribution is 5.94. The summed E-state index contributed by atoms with van der Waals surface area (Å²) in [7, 11) is 0. The number of rotatable bonds is 1. The number of hydrogen-bond acceptors (Lipinski definition) is 3. The normalized spacial score (nSPS) is 16.0. The van der Waals surface area contributed by atoms with Gasteiger partial charge < -0.3 is 9.64 Å². The second-order valence-corrected chi connectivity index (χ2v) is 3.37. The molecule has 0 N–H and O–H groups in total. The third-order valence-electron chi connectivity index (χ3n) is 2.37. The van der Waals surface area contributed by atoms with E-state index in [0.29, 0.717) is 18.8 Å². The molecule has 1 aliphatic rings. The van der Waals surface area contributed by atoms with E-state index in [0.717, 1.165) is 0 Å². The smallest absolute Gasteiger partial charge is 0.253 e. The zero-order chi connectivity index (χ0) is 11.5.